The summed E-state index contributed by atoms with van der Waals surface area (Å²) < 4.78 is 0. The third-order valence-electron chi connectivity index (χ3n) is 5.37. The SMILES string of the molecule is CC(C)C(O)CN1CCCN(c2ccc(NC(=O)Cc3ccccc3)cn2)CC1. The number of carbonyl (C=O) groups is 1. The molecule has 2 N–H and O–H groups in total. The largest absolute Gasteiger partial charge is 0.392 e. The number of hydrogen-bond acceptors (Lipinski definition) is 5. The van der Waals surface area contributed by atoms with E-state index >= 15 is 0 Å². The summed E-state index contributed by atoms with van der Waals surface area (Å²) in [6, 6.07) is 13.6. The van der Waals surface area contributed by atoms with E-state index in [9.17, 15) is 9.90 Å². The minimum absolute atomic E-state index is 0.0418. The lowest BCUT2D eigenvalue weighted by molar-refractivity contribution is -0.115. The van der Waals surface area contributed by atoms with Crippen LogP contribution in [0.3, 0.4) is 0 Å². The van der Waals surface area contributed by atoms with E-state index in [1.165, 1.54) is 0 Å². The number of rotatable bonds is 7. The second kappa shape index (κ2) is 10.4. The van der Waals surface area contributed by atoms with E-state index in [0.29, 0.717) is 12.1 Å². The molecule has 2 heterocycles. The Kier molecular flexibility index (Phi) is 7.61. The summed E-state index contributed by atoms with van der Waals surface area (Å²) in [5.41, 5.74) is 1.71. The van der Waals surface area contributed by atoms with Crippen molar-refractivity contribution in [1.29, 1.82) is 0 Å². The predicted octanol–water partition coefficient (Wildman–Crippen LogP) is 2.79. The molecule has 3 rings (SSSR count). The molecule has 2 aromatic rings. The van der Waals surface area contributed by atoms with Gasteiger partial charge in [-0.15, -0.1) is 0 Å². The first-order valence-corrected chi connectivity index (χ1v) is 10.5. The zero-order chi connectivity index (χ0) is 20.6. The molecule has 0 radical (unpaired) electrons. The minimum Gasteiger partial charge on any atom is -0.392 e. The number of pyridine rings is 1. The van der Waals surface area contributed by atoms with Gasteiger partial charge in [0.2, 0.25) is 5.91 Å². The Morgan fingerprint density at radius 2 is 1.90 bits per heavy atom. The summed E-state index contributed by atoms with van der Waals surface area (Å²) >= 11 is 0. The third-order valence-corrected chi connectivity index (χ3v) is 5.37. The minimum atomic E-state index is -0.279. The summed E-state index contributed by atoms with van der Waals surface area (Å²) in [7, 11) is 0. The second-order valence-corrected chi connectivity index (χ2v) is 8.07. The maximum atomic E-state index is 12.2. The molecule has 0 aliphatic carbocycles. The fourth-order valence-corrected chi connectivity index (χ4v) is 3.49. The Labute approximate surface area is 173 Å². The number of β-amino-alcohol motifs (C(OH)–C–C–N with tert-alkyl or cyclic N) is 1. The zero-order valence-electron chi connectivity index (χ0n) is 17.4. The van der Waals surface area contributed by atoms with Gasteiger partial charge in [0.15, 0.2) is 0 Å². The highest BCUT2D eigenvalue weighted by atomic mass is 16.3. The number of carbonyl (C=O) groups excluding carboxylic acids is 1. The molecule has 156 valence electrons. The van der Waals surface area contributed by atoms with E-state index in [2.05, 4.69) is 33.9 Å². The number of benzene rings is 1. The molecule has 1 atom stereocenters. The van der Waals surface area contributed by atoms with Gasteiger partial charge in [-0.25, -0.2) is 4.98 Å². The summed E-state index contributed by atoms with van der Waals surface area (Å²) in [4.78, 5) is 21.4. The second-order valence-electron chi connectivity index (χ2n) is 8.07. The molecular weight excluding hydrogens is 364 g/mol. The van der Waals surface area contributed by atoms with Gasteiger partial charge in [0.1, 0.15) is 5.82 Å². The van der Waals surface area contributed by atoms with E-state index in [4.69, 9.17) is 0 Å². The van der Waals surface area contributed by atoms with Crippen molar-refractivity contribution >= 4 is 17.4 Å². The van der Waals surface area contributed by atoms with E-state index in [1.807, 2.05) is 42.5 Å². The third kappa shape index (κ3) is 6.54. The van der Waals surface area contributed by atoms with Gasteiger partial charge in [-0.1, -0.05) is 44.2 Å². The van der Waals surface area contributed by atoms with Crippen LogP contribution in [0.2, 0.25) is 0 Å². The molecule has 1 saturated heterocycles. The van der Waals surface area contributed by atoms with Crippen LogP contribution in [0.15, 0.2) is 48.7 Å². The summed E-state index contributed by atoms with van der Waals surface area (Å²) in [6.45, 7) is 8.58. The molecular formula is C23H32N4O2. The van der Waals surface area contributed by atoms with Crippen molar-refractivity contribution < 1.29 is 9.90 Å². The van der Waals surface area contributed by atoms with E-state index in [0.717, 1.165) is 50.5 Å². The van der Waals surface area contributed by atoms with Gasteiger partial charge in [-0.2, -0.15) is 0 Å². The summed E-state index contributed by atoms with van der Waals surface area (Å²) in [5, 5.41) is 13.1. The van der Waals surface area contributed by atoms with Crippen LogP contribution in [0.4, 0.5) is 11.5 Å². The van der Waals surface area contributed by atoms with E-state index < -0.39 is 0 Å². The average Bonchev–Trinajstić information content (AvgIpc) is 2.95. The van der Waals surface area contributed by atoms with Crippen molar-refractivity contribution in [3.63, 3.8) is 0 Å². The fourth-order valence-electron chi connectivity index (χ4n) is 3.49. The molecule has 0 bridgehead atoms. The molecule has 1 aliphatic heterocycles. The van der Waals surface area contributed by atoms with Crippen LogP contribution in [0.25, 0.3) is 0 Å². The maximum Gasteiger partial charge on any atom is 0.228 e. The maximum absolute atomic E-state index is 12.2. The number of nitrogens with one attached hydrogen (secondary N) is 1. The lowest BCUT2D eigenvalue weighted by Gasteiger charge is -2.25. The van der Waals surface area contributed by atoms with Crippen LogP contribution in [0.5, 0.6) is 0 Å². The first-order valence-electron chi connectivity index (χ1n) is 10.5. The van der Waals surface area contributed by atoms with Crippen molar-refractivity contribution in [2.24, 2.45) is 5.92 Å². The quantitative estimate of drug-likeness (QED) is 0.753. The van der Waals surface area contributed by atoms with Crippen molar-refractivity contribution in [1.82, 2.24) is 9.88 Å². The molecule has 1 aromatic carbocycles. The van der Waals surface area contributed by atoms with Crippen LogP contribution < -0.4 is 10.2 Å². The normalized spacial score (nSPS) is 16.5. The highest BCUT2D eigenvalue weighted by Crippen LogP contribution is 2.17. The molecule has 0 spiro atoms. The Hall–Kier alpha value is -2.44. The summed E-state index contributed by atoms with van der Waals surface area (Å²) in [6.07, 6.45) is 2.84. The van der Waals surface area contributed by atoms with Crippen molar-refractivity contribution in [2.45, 2.75) is 32.8 Å². The van der Waals surface area contributed by atoms with E-state index in [-0.39, 0.29) is 17.9 Å². The highest BCUT2D eigenvalue weighted by Gasteiger charge is 2.19. The first kappa shape index (κ1) is 21.3. The molecule has 1 aliphatic rings. The zero-order valence-corrected chi connectivity index (χ0v) is 17.4. The van der Waals surface area contributed by atoms with Gasteiger partial charge >= 0.3 is 0 Å². The van der Waals surface area contributed by atoms with Crippen LogP contribution >= 0.6 is 0 Å². The van der Waals surface area contributed by atoms with Crippen LogP contribution in [0, 0.1) is 5.92 Å². The average molecular weight is 397 g/mol. The first-order chi connectivity index (χ1) is 14.0. The van der Waals surface area contributed by atoms with Crippen molar-refractivity contribution in [3.05, 3.63) is 54.2 Å². The van der Waals surface area contributed by atoms with Crippen molar-refractivity contribution in [2.75, 3.05) is 42.9 Å². The molecule has 29 heavy (non-hydrogen) atoms. The lowest BCUT2D eigenvalue weighted by Crippen LogP contribution is -2.37. The van der Waals surface area contributed by atoms with Crippen molar-refractivity contribution in [3.8, 4) is 0 Å². The van der Waals surface area contributed by atoms with E-state index in [1.54, 1.807) is 6.20 Å². The molecule has 1 aromatic heterocycles. The van der Waals surface area contributed by atoms with Gasteiger partial charge in [0.05, 0.1) is 24.4 Å². The monoisotopic (exact) mass is 396 g/mol. The Morgan fingerprint density at radius 3 is 2.59 bits per heavy atom. The smallest absolute Gasteiger partial charge is 0.228 e. The fraction of sp³-hybridized carbons (Fsp3) is 0.478. The molecule has 1 amide bonds. The van der Waals surface area contributed by atoms with Gasteiger partial charge in [0, 0.05) is 26.2 Å². The Morgan fingerprint density at radius 1 is 1.10 bits per heavy atom. The van der Waals surface area contributed by atoms with Gasteiger partial charge in [0.25, 0.3) is 0 Å². The topological polar surface area (TPSA) is 68.7 Å². The van der Waals surface area contributed by atoms with Crippen LogP contribution in [-0.2, 0) is 11.2 Å². The van der Waals surface area contributed by atoms with Gasteiger partial charge < -0.3 is 15.3 Å². The number of amides is 1. The van der Waals surface area contributed by atoms with Gasteiger partial charge in [-0.05, 0) is 36.6 Å². The summed E-state index contributed by atoms with van der Waals surface area (Å²) in [5.74, 6) is 1.16. The standard InChI is InChI=1S/C23H32N4O2/c1-18(2)21(28)17-26-11-6-12-27(14-13-26)22-10-9-20(16-24-22)25-23(29)15-19-7-4-3-5-8-19/h3-5,7-10,16,18,21,28H,6,11-15,17H2,1-2H3,(H,25,29). The number of anilines is 2. The van der Waals surface area contributed by atoms with Crippen LogP contribution in [-0.4, -0.2) is 59.7 Å². The Balaban J connectivity index is 1.51. The lowest BCUT2D eigenvalue weighted by atomic mass is 10.1. The molecule has 0 saturated carbocycles. The number of aliphatic hydroxyl groups excluding tert-OH is 1. The predicted molar refractivity (Wildman–Crippen MR) is 117 cm³/mol. The molecule has 1 fully saturated rings. The number of nitrogens with zero attached hydrogens (tertiary/aromatic N) is 3. The number of aliphatic hydroxyl groups is 1. The number of aromatic nitrogens is 1. The highest BCUT2D eigenvalue weighted by molar-refractivity contribution is 5.92. The Bertz CT molecular complexity index is 764. The van der Waals surface area contributed by atoms with Crippen LogP contribution in [0.1, 0.15) is 25.8 Å². The number of hydrogen-bond donors (Lipinski definition) is 2. The molecule has 6 nitrogen and oxygen atoms in total. The molecule has 1 unspecified atom stereocenters. The van der Waals surface area contributed by atoms with Gasteiger partial charge in [-0.3, -0.25) is 9.69 Å². The molecule has 6 heteroatoms.